The Bertz CT molecular complexity index is 1060. The minimum absolute atomic E-state index is 0.0813. The highest BCUT2D eigenvalue weighted by Crippen LogP contribution is 2.38. The molecule has 0 bridgehead atoms. The maximum atomic E-state index is 12.6. The van der Waals surface area contributed by atoms with Crippen molar-refractivity contribution in [3.05, 3.63) is 40.0 Å². The van der Waals surface area contributed by atoms with E-state index in [9.17, 15) is 4.79 Å². The number of rotatable bonds is 5. The number of carbonyl (C=O) groups is 1. The number of nitrogens with zero attached hydrogens (tertiary/aromatic N) is 4. The Morgan fingerprint density at radius 1 is 1.16 bits per heavy atom. The molecule has 0 aromatic carbocycles. The number of amides is 1. The molecule has 1 saturated heterocycles. The molecule has 5 rings (SSSR count). The smallest absolute Gasteiger partial charge is 0.227 e. The third-order valence-corrected chi connectivity index (χ3v) is 7.73. The van der Waals surface area contributed by atoms with Crippen molar-refractivity contribution in [3.63, 3.8) is 0 Å². The van der Waals surface area contributed by atoms with Gasteiger partial charge in [0.05, 0.1) is 11.8 Å². The summed E-state index contributed by atoms with van der Waals surface area (Å²) in [6, 6.07) is 2.57. The van der Waals surface area contributed by atoms with Crippen LogP contribution in [0, 0.1) is 13.8 Å². The molecule has 1 saturated carbocycles. The molecule has 31 heavy (non-hydrogen) atoms. The summed E-state index contributed by atoms with van der Waals surface area (Å²) < 4.78 is 8.83. The average Bonchev–Trinajstić information content (AvgIpc) is 3.52. The predicted molar refractivity (Wildman–Crippen MR) is 123 cm³/mol. The third-order valence-electron chi connectivity index (χ3n) is 7.00. The number of aromatic nitrogens is 3. The molecular formula is C24H30N4O2S. The lowest BCUT2D eigenvalue weighted by Crippen LogP contribution is -2.42. The van der Waals surface area contributed by atoms with Gasteiger partial charge in [-0.25, -0.2) is 9.97 Å². The van der Waals surface area contributed by atoms with Gasteiger partial charge in [0.1, 0.15) is 18.1 Å². The predicted octanol–water partition coefficient (Wildman–Crippen LogP) is 4.84. The van der Waals surface area contributed by atoms with Crippen LogP contribution in [0.15, 0.2) is 23.2 Å². The zero-order chi connectivity index (χ0) is 21.4. The molecular weight excluding hydrogens is 408 g/mol. The molecule has 4 heterocycles. The van der Waals surface area contributed by atoms with Crippen LogP contribution in [0.5, 0.6) is 5.88 Å². The van der Waals surface area contributed by atoms with Crippen molar-refractivity contribution in [2.24, 2.45) is 0 Å². The average molecular weight is 439 g/mol. The molecule has 0 spiro atoms. The summed E-state index contributed by atoms with van der Waals surface area (Å²) >= 11 is 1.64. The number of thiophene rings is 1. The van der Waals surface area contributed by atoms with Crippen LogP contribution >= 0.6 is 11.3 Å². The Labute approximate surface area is 187 Å². The lowest BCUT2D eigenvalue weighted by atomic mass is 10.1. The zero-order valence-electron chi connectivity index (χ0n) is 18.3. The lowest BCUT2D eigenvalue weighted by molar-refractivity contribution is -0.132. The van der Waals surface area contributed by atoms with E-state index < -0.39 is 0 Å². The van der Waals surface area contributed by atoms with E-state index in [-0.39, 0.29) is 12.0 Å². The SMILES string of the molecule is Cc1c(C)n(C2CCCC2)c2ncnc(OC3CCN(C(=O)Cc4ccsc4)CC3)c12. The fourth-order valence-corrected chi connectivity index (χ4v) is 5.82. The number of carbonyl (C=O) groups excluding carboxylic acids is 1. The zero-order valence-corrected chi connectivity index (χ0v) is 19.2. The summed E-state index contributed by atoms with van der Waals surface area (Å²) in [5.41, 5.74) is 4.62. The van der Waals surface area contributed by atoms with Crippen molar-refractivity contribution in [3.8, 4) is 5.88 Å². The van der Waals surface area contributed by atoms with Gasteiger partial charge in [-0.3, -0.25) is 4.79 Å². The second-order valence-electron chi connectivity index (χ2n) is 8.90. The molecule has 164 valence electrons. The van der Waals surface area contributed by atoms with Crippen molar-refractivity contribution in [1.82, 2.24) is 19.4 Å². The first-order valence-corrected chi connectivity index (χ1v) is 12.3. The molecule has 1 amide bonds. The van der Waals surface area contributed by atoms with E-state index in [4.69, 9.17) is 4.74 Å². The molecule has 0 radical (unpaired) electrons. The van der Waals surface area contributed by atoms with Crippen molar-refractivity contribution >= 4 is 28.3 Å². The van der Waals surface area contributed by atoms with E-state index in [0.29, 0.717) is 18.3 Å². The highest BCUT2D eigenvalue weighted by molar-refractivity contribution is 7.08. The van der Waals surface area contributed by atoms with E-state index in [1.807, 2.05) is 16.3 Å². The standard InChI is InChI=1S/C24H30N4O2S/c1-16-17(2)28(19-5-3-4-6-19)23-22(16)24(26-15-25-23)30-20-7-10-27(11-8-20)21(29)13-18-9-12-31-14-18/h9,12,14-15,19-20H,3-8,10-11,13H2,1-2H3. The molecule has 3 aromatic heterocycles. The summed E-state index contributed by atoms with van der Waals surface area (Å²) in [7, 11) is 0. The van der Waals surface area contributed by atoms with Crippen LogP contribution in [0.25, 0.3) is 11.0 Å². The molecule has 0 atom stereocenters. The molecule has 7 heteroatoms. The highest BCUT2D eigenvalue weighted by atomic mass is 32.1. The van der Waals surface area contributed by atoms with Gasteiger partial charge in [-0.1, -0.05) is 12.8 Å². The number of piperidine rings is 1. The fourth-order valence-electron chi connectivity index (χ4n) is 5.15. The topological polar surface area (TPSA) is 60.2 Å². The van der Waals surface area contributed by atoms with Crippen LogP contribution in [0.3, 0.4) is 0 Å². The maximum absolute atomic E-state index is 12.6. The number of hydrogen-bond acceptors (Lipinski definition) is 5. The highest BCUT2D eigenvalue weighted by Gasteiger charge is 2.28. The Morgan fingerprint density at radius 3 is 2.65 bits per heavy atom. The summed E-state index contributed by atoms with van der Waals surface area (Å²) in [6.45, 7) is 5.83. The van der Waals surface area contributed by atoms with Gasteiger partial charge in [0.25, 0.3) is 0 Å². The van der Waals surface area contributed by atoms with Gasteiger partial charge < -0.3 is 14.2 Å². The number of fused-ring (bicyclic) bond motifs is 1. The first kappa shape index (κ1) is 20.5. The molecule has 1 aliphatic carbocycles. The number of ether oxygens (including phenoxy) is 1. The largest absolute Gasteiger partial charge is 0.474 e. The lowest BCUT2D eigenvalue weighted by Gasteiger charge is -2.32. The maximum Gasteiger partial charge on any atom is 0.227 e. The Balaban J connectivity index is 1.29. The quantitative estimate of drug-likeness (QED) is 0.572. The summed E-state index contributed by atoms with van der Waals surface area (Å²) in [6.07, 6.45) is 8.92. The van der Waals surface area contributed by atoms with E-state index in [1.165, 1.54) is 36.9 Å². The van der Waals surface area contributed by atoms with Gasteiger partial charge in [-0.2, -0.15) is 11.3 Å². The number of likely N-dealkylation sites (tertiary alicyclic amines) is 1. The molecule has 6 nitrogen and oxygen atoms in total. The Morgan fingerprint density at radius 2 is 1.94 bits per heavy atom. The first-order chi connectivity index (χ1) is 15.1. The second kappa shape index (κ2) is 8.61. The minimum atomic E-state index is 0.0813. The molecule has 0 N–H and O–H groups in total. The van der Waals surface area contributed by atoms with Gasteiger partial charge in [-0.05, 0) is 54.6 Å². The first-order valence-electron chi connectivity index (χ1n) is 11.4. The Hall–Kier alpha value is -2.41. The van der Waals surface area contributed by atoms with Crippen molar-refractivity contribution in [2.75, 3.05) is 13.1 Å². The van der Waals surface area contributed by atoms with E-state index in [0.717, 1.165) is 42.5 Å². The molecule has 2 aliphatic rings. The normalized spacial score (nSPS) is 18.2. The van der Waals surface area contributed by atoms with Crippen LogP contribution in [-0.4, -0.2) is 44.5 Å². The van der Waals surface area contributed by atoms with Crippen molar-refractivity contribution in [1.29, 1.82) is 0 Å². The fraction of sp³-hybridized carbons (Fsp3) is 0.542. The van der Waals surface area contributed by atoms with Gasteiger partial charge in [0, 0.05) is 37.7 Å². The Kier molecular flexibility index (Phi) is 5.69. The van der Waals surface area contributed by atoms with E-state index in [1.54, 1.807) is 17.7 Å². The van der Waals surface area contributed by atoms with Crippen LogP contribution in [-0.2, 0) is 11.2 Å². The molecule has 1 aliphatic heterocycles. The monoisotopic (exact) mass is 438 g/mol. The van der Waals surface area contributed by atoms with E-state index >= 15 is 0 Å². The second-order valence-corrected chi connectivity index (χ2v) is 9.68. The summed E-state index contributed by atoms with van der Waals surface area (Å²) in [5, 5.41) is 5.13. The molecule has 2 fully saturated rings. The van der Waals surface area contributed by atoms with Gasteiger partial charge >= 0.3 is 0 Å². The van der Waals surface area contributed by atoms with Crippen LogP contribution in [0.4, 0.5) is 0 Å². The van der Waals surface area contributed by atoms with Crippen LogP contribution in [0.1, 0.15) is 61.4 Å². The number of hydrogen-bond donors (Lipinski definition) is 0. The van der Waals surface area contributed by atoms with Crippen molar-refractivity contribution in [2.45, 2.75) is 70.9 Å². The van der Waals surface area contributed by atoms with Crippen LogP contribution in [0.2, 0.25) is 0 Å². The minimum Gasteiger partial charge on any atom is -0.474 e. The molecule has 3 aromatic rings. The number of aryl methyl sites for hydroxylation is 1. The van der Waals surface area contributed by atoms with Gasteiger partial charge in [0.15, 0.2) is 0 Å². The third kappa shape index (κ3) is 3.95. The van der Waals surface area contributed by atoms with Crippen LogP contribution < -0.4 is 4.74 Å². The van der Waals surface area contributed by atoms with Gasteiger partial charge in [-0.15, -0.1) is 0 Å². The van der Waals surface area contributed by atoms with Gasteiger partial charge in [0.2, 0.25) is 11.8 Å². The summed E-state index contributed by atoms with van der Waals surface area (Å²) in [4.78, 5) is 23.7. The van der Waals surface area contributed by atoms with E-state index in [2.05, 4.69) is 33.8 Å². The molecule has 0 unspecified atom stereocenters. The summed E-state index contributed by atoms with van der Waals surface area (Å²) in [5.74, 6) is 0.909. The van der Waals surface area contributed by atoms with Crippen molar-refractivity contribution < 1.29 is 9.53 Å².